The lowest BCUT2D eigenvalue weighted by atomic mass is 9.85. The molecule has 0 aromatic carbocycles. The minimum Gasteiger partial charge on any atom is -0.457 e. The predicted octanol–water partition coefficient (Wildman–Crippen LogP) is 10.2. The van der Waals surface area contributed by atoms with Crippen molar-refractivity contribution >= 4 is 13.8 Å². The quantitative estimate of drug-likeness (QED) is 0.0148. The molecule has 13 heteroatoms. The molecule has 12 nitrogen and oxygen atoms in total. The van der Waals surface area contributed by atoms with Gasteiger partial charge in [0.25, 0.3) is 0 Å². The fraction of sp³-hybridized carbons (Fsp3) is 0.776. The molecule has 6 N–H and O–H groups in total. The number of carbonyl (C=O) groups is 1. The van der Waals surface area contributed by atoms with E-state index in [4.69, 9.17) is 18.5 Å². The maximum absolute atomic E-state index is 12.8. The molecular weight excluding hydrogens is 812 g/mol. The second kappa shape index (κ2) is 39.4. The van der Waals surface area contributed by atoms with E-state index in [9.17, 15) is 39.8 Å². The highest BCUT2D eigenvalue weighted by molar-refractivity contribution is 7.47. The van der Waals surface area contributed by atoms with Crippen molar-refractivity contribution < 1.29 is 58.3 Å². The summed E-state index contributed by atoms with van der Waals surface area (Å²) < 4.78 is 34.2. The Kier molecular flexibility index (Phi) is 36.9. The zero-order valence-electron chi connectivity index (χ0n) is 38.4. The first-order chi connectivity index (χ1) is 30.0. The van der Waals surface area contributed by atoms with Crippen molar-refractivity contribution in [1.29, 1.82) is 0 Å². The number of ether oxygens (including phenoxy) is 2. The van der Waals surface area contributed by atoms with Crippen molar-refractivity contribution in [1.82, 2.24) is 0 Å². The molecule has 1 rings (SSSR count). The minimum atomic E-state index is -5.04. The second-order valence-corrected chi connectivity index (χ2v) is 18.0. The number of aliphatic hydroxyl groups is 5. The normalized spacial score (nSPS) is 22.5. The lowest BCUT2D eigenvalue weighted by molar-refractivity contribution is -0.220. The summed E-state index contributed by atoms with van der Waals surface area (Å²) in [6.45, 7) is 4.10. The zero-order valence-corrected chi connectivity index (χ0v) is 39.3. The number of hydrogen-bond acceptors (Lipinski definition) is 11. The van der Waals surface area contributed by atoms with E-state index in [2.05, 4.69) is 62.5 Å². The van der Waals surface area contributed by atoms with Crippen LogP contribution in [0.2, 0.25) is 0 Å². The molecule has 1 fully saturated rings. The van der Waals surface area contributed by atoms with Gasteiger partial charge in [0.15, 0.2) is 0 Å². The Morgan fingerprint density at radius 2 is 0.935 bits per heavy atom. The Hall–Kier alpha value is -1.96. The predicted molar refractivity (Wildman–Crippen MR) is 248 cm³/mol. The highest BCUT2D eigenvalue weighted by atomic mass is 31.2. The van der Waals surface area contributed by atoms with Gasteiger partial charge in [-0.2, -0.15) is 0 Å². The largest absolute Gasteiger partial charge is 0.472 e. The number of phosphoric ester groups is 1. The maximum Gasteiger partial charge on any atom is 0.472 e. The van der Waals surface area contributed by atoms with Gasteiger partial charge in [-0.1, -0.05) is 184 Å². The van der Waals surface area contributed by atoms with E-state index >= 15 is 0 Å². The molecule has 0 aromatic heterocycles. The Morgan fingerprint density at radius 1 is 0.532 bits per heavy atom. The number of unbranched alkanes of at least 4 members (excludes halogenated alkanes) is 18. The van der Waals surface area contributed by atoms with Crippen LogP contribution >= 0.6 is 7.82 Å². The maximum atomic E-state index is 12.8. The van der Waals surface area contributed by atoms with E-state index in [1.54, 1.807) is 0 Å². The van der Waals surface area contributed by atoms with Gasteiger partial charge in [0.2, 0.25) is 0 Å². The van der Waals surface area contributed by atoms with Crippen LogP contribution in [-0.4, -0.2) is 98.9 Å². The van der Waals surface area contributed by atoms with E-state index in [1.165, 1.54) is 96.3 Å². The van der Waals surface area contributed by atoms with Gasteiger partial charge < -0.3 is 39.9 Å². The summed E-state index contributed by atoms with van der Waals surface area (Å²) in [7, 11) is -5.04. The Morgan fingerprint density at radius 3 is 1.39 bits per heavy atom. The Balaban J connectivity index is 2.41. The van der Waals surface area contributed by atoms with Crippen molar-refractivity contribution in [2.45, 2.75) is 224 Å². The standard InChI is InChI=1S/C49H87O12P/c1-3-5-7-9-11-13-15-17-19-21-23-25-27-29-31-33-35-37-39-58-40-42(41-59-62(56,57)61-49-47(54)45(52)44(51)46(53)48(49)55)60-43(50)38-36-34-32-30-28-26-24-22-20-18-16-14-12-10-8-6-4-2/h6,8,12,14,18,20,24,26,30,32,42,44-49,51-55H,3-5,7,9-11,13,15-17,19,21-23,25,27-29,31,33-41H2,1-2H3,(H,56,57)/b8-6-,14-12-,20-18-,26-24-,32-30-. The first kappa shape index (κ1) is 58.1. The number of rotatable bonds is 40. The zero-order chi connectivity index (χ0) is 45.5. The van der Waals surface area contributed by atoms with Crippen LogP contribution in [0.15, 0.2) is 60.8 Å². The molecule has 0 aromatic rings. The number of aliphatic hydroxyl groups excluding tert-OH is 5. The molecule has 62 heavy (non-hydrogen) atoms. The molecule has 0 radical (unpaired) electrons. The highest BCUT2D eigenvalue weighted by Crippen LogP contribution is 2.47. The molecule has 1 saturated carbocycles. The highest BCUT2D eigenvalue weighted by Gasteiger charge is 2.51. The van der Waals surface area contributed by atoms with Gasteiger partial charge >= 0.3 is 13.8 Å². The lowest BCUT2D eigenvalue weighted by Crippen LogP contribution is -2.64. The van der Waals surface area contributed by atoms with Gasteiger partial charge in [0.1, 0.15) is 42.7 Å². The third kappa shape index (κ3) is 31.0. The van der Waals surface area contributed by atoms with Gasteiger partial charge in [-0.3, -0.25) is 13.8 Å². The van der Waals surface area contributed by atoms with E-state index in [-0.39, 0.29) is 13.0 Å². The summed E-state index contributed by atoms with van der Waals surface area (Å²) in [5, 5.41) is 50.2. The number of esters is 1. The molecule has 0 saturated heterocycles. The van der Waals surface area contributed by atoms with Crippen molar-refractivity contribution in [3.8, 4) is 0 Å². The first-order valence-corrected chi connectivity index (χ1v) is 25.6. The minimum absolute atomic E-state index is 0.0994. The molecule has 0 aliphatic heterocycles. The van der Waals surface area contributed by atoms with E-state index in [0.29, 0.717) is 19.4 Å². The molecule has 6 unspecified atom stereocenters. The Labute approximate surface area is 375 Å². The first-order valence-electron chi connectivity index (χ1n) is 24.1. The van der Waals surface area contributed by atoms with Crippen LogP contribution in [0.5, 0.6) is 0 Å². The number of hydrogen-bond donors (Lipinski definition) is 6. The molecule has 1 aliphatic carbocycles. The summed E-state index contributed by atoms with van der Waals surface area (Å²) in [4.78, 5) is 23.2. The molecule has 0 amide bonds. The van der Waals surface area contributed by atoms with Crippen LogP contribution < -0.4 is 0 Å². The summed E-state index contributed by atoms with van der Waals surface area (Å²) in [6, 6.07) is 0. The van der Waals surface area contributed by atoms with Gasteiger partial charge in [-0.05, 0) is 51.4 Å². The number of phosphoric acid groups is 1. The summed E-state index contributed by atoms with van der Waals surface area (Å²) in [5.41, 5.74) is 0. The van der Waals surface area contributed by atoms with Gasteiger partial charge in [0, 0.05) is 13.0 Å². The summed E-state index contributed by atoms with van der Waals surface area (Å²) in [5.74, 6) is -0.533. The van der Waals surface area contributed by atoms with Crippen molar-refractivity contribution in [2.75, 3.05) is 19.8 Å². The van der Waals surface area contributed by atoms with Crippen LogP contribution in [-0.2, 0) is 27.9 Å². The smallest absolute Gasteiger partial charge is 0.457 e. The fourth-order valence-corrected chi connectivity index (χ4v) is 8.07. The second-order valence-electron chi connectivity index (χ2n) is 16.6. The molecule has 0 heterocycles. The number of allylic oxidation sites excluding steroid dienone is 10. The van der Waals surface area contributed by atoms with Crippen molar-refractivity contribution in [2.24, 2.45) is 0 Å². The third-order valence-corrected chi connectivity index (χ3v) is 11.9. The number of carbonyl (C=O) groups excluding carboxylic acids is 1. The average Bonchev–Trinajstić information content (AvgIpc) is 3.26. The van der Waals surface area contributed by atoms with Crippen LogP contribution in [0.3, 0.4) is 0 Å². The molecule has 360 valence electrons. The van der Waals surface area contributed by atoms with Crippen LogP contribution in [0, 0.1) is 0 Å². The Bertz CT molecular complexity index is 1250. The van der Waals surface area contributed by atoms with Gasteiger partial charge in [0.05, 0.1) is 13.2 Å². The summed E-state index contributed by atoms with van der Waals surface area (Å²) >= 11 is 0. The van der Waals surface area contributed by atoms with Gasteiger partial charge in [-0.25, -0.2) is 4.57 Å². The van der Waals surface area contributed by atoms with Crippen LogP contribution in [0.4, 0.5) is 0 Å². The molecular formula is C49H87O12P. The summed E-state index contributed by atoms with van der Waals surface area (Å²) in [6.07, 6.45) is 37.2. The molecule has 6 atom stereocenters. The van der Waals surface area contributed by atoms with Crippen molar-refractivity contribution in [3.63, 3.8) is 0 Å². The fourth-order valence-electron chi connectivity index (χ4n) is 7.10. The average molecular weight is 899 g/mol. The van der Waals surface area contributed by atoms with E-state index < -0.39 is 63.1 Å². The molecule has 0 spiro atoms. The van der Waals surface area contributed by atoms with E-state index in [1.807, 2.05) is 12.2 Å². The SMILES string of the molecule is CC/C=C\C/C=C\C/C=C\C/C=C\C/C=C\CCCC(=O)OC(COCCCCCCCCCCCCCCCCCCCC)COP(=O)(O)OC1C(O)C(O)C(O)C(O)C1O. The molecule has 1 aliphatic rings. The monoisotopic (exact) mass is 899 g/mol. The van der Waals surface area contributed by atoms with Crippen molar-refractivity contribution in [3.05, 3.63) is 60.8 Å². The van der Waals surface area contributed by atoms with Crippen LogP contribution in [0.25, 0.3) is 0 Å². The topological polar surface area (TPSA) is 192 Å². The lowest BCUT2D eigenvalue weighted by Gasteiger charge is -2.41. The van der Waals surface area contributed by atoms with Gasteiger partial charge in [-0.15, -0.1) is 0 Å². The van der Waals surface area contributed by atoms with Crippen LogP contribution in [0.1, 0.15) is 181 Å². The van der Waals surface area contributed by atoms with E-state index in [0.717, 1.165) is 51.4 Å². The third-order valence-electron chi connectivity index (χ3n) is 10.9. The molecule has 0 bridgehead atoms.